The second kappa shape index (κ2) is 3.31. The van der Waals surface area contributed by atoms with Crippen molar-refractivity contribution in [3.05, 3.63) is 11.1 Å². The first-order chi connectivity index (χ1) is 4.34. The van der Waals surface area contributed by atoms with Crippen molar-refractivity contribution in [2.45, 2.75) is 26.7 Å². The molecule has 1 aliphatic rings. The minimum atomic E-state index is 1.27. The average molecular weight is 142 g/mol. The Morgan fingerprint density at radius 2 is 2.33 bits per heavy atom. The SMILES string of the molecule is CCC1=C(C)CSCC1. The van der Waals surface area contributed by atoms with Crippen LogP contribution < -0.4 is 0 Å². The summed E-state index contributed by atoms with van der Waals surface area (Å²) in [5.74, 6) is 2.63. The fraction of sp³-hybridized carbons (Fsp3) is 0.750. The quantitative estimate of drug-likeness (QED) is 0.507. The van der Waals surface area contributed by atoms with Gasteiger partial charge in [0.15, 0.2) is 0 Å². The van der Waals surface area contributed by atoms with Gasteiger partial charge in [-0.3, -0.25) is 0 Å². The molecule has 0 saturated heterocycles. The van der Waals surface area contributed by atoms with E-state index in [1.807, 2.05) is 0 Å². The summed E-state index contributed by atoms with van der Waals surface area (Å²) in [5, 5.41) is 0. The van der Waals surface area contributed by atoms with Gasteiger partial charge in [-0.1, -0.05) is 18.1 Å². The monoisotopic (exact) mass is 142 g/mol. The topological polar surface area (TPSA) is 0 Å². The third kappa shape index (κ3) is 1.75. The summed E-state index contributed by atoms with van der Waals surface area (Å²) in [5.41, 5.74) is 3.34. The van der Waals surface area contributed by atoms with Crippen molar-refractivity contribution in [2.24, 2.45) is 0 Å². The molecule has 0 aromatic rings. The molecule has 1 rings (SSSR count). The molecule has 0 nitrogen and oxygen atoms in total. The maximum absolute atomic E-state index is 2.27. The fourth-order valence-electron chi connectivity index (χ4n) is 1.21. The molecule has 1 aliphatic heterocycles. The van der Waals surface area contributed by atoms with Gasteiger partial charge in [-0.05, 0) is 25.5 Å². The van der Waals surface area contributed by atoms with Crippen LogP contribution in [0.3, 0.4) is 0 Å². The van der Waals surface area contributed by atoms with E-state index in [-0.39, 0.29) is 0 Å². The van der Waals surface area contributed by atoms with E-state index in [1.54, 1.807) is 11.1 Å². The van der Waals surface area contributed by atoms with E-state index >= 15 is 0 Å². The summed E-state index contributed by atoms with van der Waals surface area (Å²) in [6.45, 7) is 4.53. The van der Waals surface area contributed by atoms with Crippen molar-refractivity contribution in [1.82, 2.24) is 0 Å². The van der Waals surface area contributed by atoms with E-state index < -0.39 is 0 Å². The van der Waals surface area contributed by atoms with E-state index in [4.69, 9.17) is 0 Å². The zero-order valence-corrected chi connectivity index (χ0v) is 7.05. The predicted molar refractivity (Wildman–Crippen MR) is 44.9 cm³/mol. The van der Waals surface area contributed by atoms with Crippen LogP contribution in [0.4, 0.5) is 0 Å². The van der Waals surface area contributed by atoms with Gasteiger partial charge in [0.05, 0.1) is 0 Å². The van der Waals surface area contributed by atoms with Gasteiger partial charge in [0.2, 0.25) is 0 Å². The smallest absolute Gasteiger partial charge is 0.0143 e. The van der Waals surface area contributed by atoms with E-state index in [0.29, 0.717) is 0 Å². The first-order valence-corrected chi connectivity index (χ1v) is 4.75. The number of allylic oxidation sites excluding steroid dienone is 1. The molecule has 0 aliphatic carbocycles. The van der Waals surface area contributed by atoms with Gasteiger partial charge in [-0.15, -0.1) is 0 Å². The van der Waals surface area contributed by atoms with Crippen molar-refractivity contribution < 1.29 is 0 Å². The van der Waals surface area contributed by atoms with Crippen LogP contribution in [0.5, 0.6) is 0 Å². The van der Waals surface area contributed by atoms with Crippen LogP contribution in [-0.4, -0.2) is 11.5 Å². The summed E-state index contributed by atoms with van der Waals surface area (Å²) in [4.78, 5) is 0. The number of hydrogen-bond donors (Lipinski definition) is 0. The second-order valence-electron chi connectivity index (χ2n) is 2.54. The van der Waals surface area contributed by atoms with Crippen molar-refractivity contribution in [1.29, 1.82) is 0 Å². The molecule has 0 aromatic heterocycles. The summed E-state index contributed by atoms with van der Waals surface area (Å²) in [7, 11) is 0. The Morgan fingerprint density at radius 3 is 2.78 bits per heavy atom. The van der Waals surface area contributed by atoms with Crippen LogP contribution >= 0.6 is 11.8 Å². The molecular weight excluding hydrogens is 128 g/mol. The molecule has 1 heterocycles. The Hall–Kier alpha value is 0.0900. The molecule has 0 spiro atoms. The Kier molecular flexibility index (Phi) is 2.65. The molecule has 0 unspecified atom stereocenters. The largest absolute Gasteiger partial charge is 0.157 e. The lowest BCUT2D eigenvalue weighted by molar-refractivity contribution is 0.942. The molecular formula is C8H14S. The number of hydrogen-bond acceptors (Lipinski definition) is 1. The summed E-state index contributed by atoms with van der Waals surface area (Å²) in [6.07, 6.45) is 2.61. The Morgan fingerprint density at radius 1 is 1.56 bits per heavy atom. The highest BCUT2D eigenvalue weighted by atomic mass is 32.2. The van der Waals surface area contributed by atoms with Gasteiger partial charge in [0.1, 0.15) is 0 Å². The minimum absolute atomic E-state index is 1.27. The highest BCUT2D eigenvalue weighted by Crippen LogP contribution is 2.24. The molecule has 52 valence electrons. The van der Waals surface area contributed by atoms with Gasteiger partial charge in [-0.2, -0.15) is 11.8 Å². The van der Waals surface area contributed by atoms with Crippen molar-refractivity contribution in [2.75, 3.05) is 11.5 Å². The highest BCUT2D eigenvalue weighted by Gasteiger charge is 2.05. The normalized spacial score (nSPS) is 20.7. The Bertz CT molecular complexity index is 125. The van der Waals surface area contributed by atoms with Crippen LogP contribution in [0.25, 0.3) is 0 Å². The molecule has 0 fully saturated rings. The zero-order chi connectivity index (χ0) is 6.69. The zero-order valence-electron chi connectivity index (χ0n) is 6.24. The lowest BCUT2D eigenvalue weighted by atomic mass is 10.1. The van der Waals surface area contributed by atoms with Crippen LogP contribution in [0, 0.1) is 0 Å². The first-order valence-electron chi connectivity index (χ1n) is 3.60. The molecule has 0 atom stereocenters. The minimum Gasteiger partial charge on any atom is -0.157 e. The van der Waals surface area contributed by atoms with Crippen molar-refractivity contribution >= 4 is 11.8 Å². The van der Waals surface area contributed by atoms with Crippen LogP contribution in [-0.2, 0) is 0 Å². The lowest BCUT2D eigenvalue weighted by Gasteiger charge is -2.15. The number of thioether (sulfide) groups is 1. The maximum atomic E-state index is 2.27. The van der Waals surface area contributed by atoms with Crippen LogP contribution in [0.15, 0.2) is 11.1 Å². The van der Waals surface area contributed by atoms with Crippen LogP contribution in [0.2, 0.25) is 0 Å². The summed E-state index contributed by atoms with van der Waals surface area (Å²) >= 11 is 2.06. The third-order valence-corrected chi connectivity index (χ3v) is 3.03. The Labute approximate surface area is 61.7 Å². The molecule has 9 heavy (non-hydrogen) atoms. The predicted octanol–water partition coefficient (Wildman–Crippen LogP) is 2.85. The van der Waals surface area contributed by atoms with E-state index in [0.717, 1.165) is 0 Å². The average Bonchev–Trinajstić information content (AvgIpc) is 1.89. The molecule has 0 amide bonds. The van der Waals surface area contributed by atoms with E-state index in [9.17, 15) is 0 Å². The first kappa shape index (κ1) is 7.20. The summed E-state index contributed by atoms with van der Waals surface area (Å²) < 4.78 is 0. The second-order valence-corrected chi connectivity index (χ2v) is 3.65. The van der Waals surface area contributed by atoms with E-state index in [1.165, 1.54) is 24.3 Å². The maximum Gasteiger partial charge on any atom is 0.0143 e. The number of rotatable bonds is 1. The highest BCUT2D eigenvalue weighted by molar-refractivity contribution is 7.99. The van der Waals surface area contributed by atoms with E-state index in [2.05, 4.69) is 25.6 Å². The van der Waals surface area contributed by atoms with Gasteiger partial charge in [0.25, 0.3) is 0 Å². The van der Waals surface area contributed by atoms with Crippen molar-refractivity contribution in [3.8, 4) is 0 Å². The third-order valence-electron chi connectivity index (χ3n) is 1.90. The molecule has 1 heteroatoms. The molecule has 0 aromatic carbocycles. The van der Waals surface area contributed by atoms with Gasteiger partial charge in [-0.25, -0.2) is 0 Å². The molecule has 0 bridgehead atoms. The standard InChI is InChI=1S/C8H14S/c1-3-8-4-5-9-6-7(8)2/h3-6H2,1-2H3. The van der Waals surface area contributed by atoms with Gasteiger partial charge >= 0.3 is 0 Å². The van der Waals surface area contributed by atoms with Crippen LogP contribution in [0.1, 0.15) is 26.7 Å². The Balaban J connectivity index is 2.59. The molecule has 0 saturated carbocycles. The lowest BCUT2D eigenvalue weighted by Crippen LogP contribution is -1.99. The molecule has 0 N–H and O–H groups in total. The van der Waals surface area contributed by atoms with Gasteiger partial charge in [0, 0.05) is 5.75 Å². The van der Waals surface area contributed by atoms with Crippen molar-refractivity contribution in [3.63, 3.8) is 0 Å². The molecule has 0 radical (unpaired) electrons. The summed E-state index contributed by atoms with van der Waals surface area (Å²) in [6, 6.07) is 0. The van der Waals surface area contributed by atoms with Gasteiger partial charge < -0.3 is 0 Å². The fourth-order valence-corrected chi connectivity index (χ4v) is 2.26.